The third kappa shape index (κ3) is 7.28. The van der Waals surface area contributed by atoms with Crippen molar-refractivity contribution in [3.63, 3.8) is 0 Å². The third-order valence-corrected chi connectivity index (χ3v) is 5.21. The number of nitrogens with zero attached hydrogens (tertiary/aromatic N) is 2. The molecule has 1 aromatic heterocycles. The zero-order valence-corrected chi connectivity index (χ0v) is 20.1. The van der Waals surface area contributed by atoms with Crippen LogP contribution >= 0.6 is 11.6 Å². The number of hydrogen-bond acceptors (Lipinski definition) is 6. The fourth-order valence-electron chi connectivity index (χ4n) is 2.88. The van der Waals surface area contributed by atoms with Crippen LogP contribution in [0.4, 0.5) is 4.39 Å². The number of oxime groups is 1. The van der Waals surface area contributed by atoms with Gasteiger partial charge in [-0.1, -0.05) is 37.5 Å². The fourth-order valence-corrected chi connectivity index (χ4v) is 3.17. The van der Waals surface area contributed by atoms with Gasteiger partial charge in [-0.3, -0.25) is 10.4 Å². The normalized spacial score (nSPS) is 13.8. The minimum absolute atomic E-state index is 0.00217. The Morgan fingerprint density at radius 1 is 1.22 bits per heavy atom. The molecule has 8 heteroatoms. The Bertz CT molecular complexity index is 993. The molecule has 174 valence electrons. The van der Waals surface area contributed by atoms with Crippen molar-refractivity contribution in [3.05, 3.63) is 57.6 Å². The molecule has 0 saturated carbocycles. The maximum Gasteiger partial charge on any atom is 0.248 e. The molecule has 0 amide bonds. The van der Waals surface area contributed by atoms with E-state index in [9.17, 15) is 9.50 Å². The molecule has 2 aromatic rings. The van der Waals surface area contributed by atoms with E-state index in [4.69, 9.17) is 26.6 Å². The number of halogens is 2. The minimum Gasteiger partial charge on any atom is -0.490 e. The van der Waals surface area contributed by atoms with Crippen molar-refractivity contribution in [1.29, 1.82) is 5.41 Å². The quantitative estimate of drug-likeness (QED) is 0.290. The van der Waals surface area contributed by atoms with Crippen molar-refractivity contribution in [2.45, 2.75) is 54.1 Å². The maximum absolute atomic E-state index is 14.5. The summed E-state index contributed by atoms with van der Waals surface area (Å²) in [5.41, 5.74) is 2.89. The van der Waals surface area contributed by atoms with Crippen LogP contribution in [-0.4, -0.2) is 34.4 Å². The van der Waals surface area contributed by atoms with Crippen molar-refractivity contribution >= 4 is 23.2 Å². The average molecular weight is 464 g/mol. The molecule has 2 rings (SSSR count). The maximum atomic E-state index is 14.5. The van der Waals surface area contributed by atoms with Gasteiger partial charge >= 0.3 is 0 Å². The largest absolute Gasteiger partial charge is 0.490 e. The summed E-state index contributed by atoms with van der Waals surface area (Å²) in [6.45, 7) is 11.3. The molecular weight excluding hydrogens is 433 g/mol. The molecule has 0 saturated heterocycles. The Morgan fingerprint density at radius 2 is 1.91 bits per heavy atom. The molecule has 32 heavy (non-hydrogen) atoms. The average Bonchev–Trinajstić information content (AvgIpc) is 2.70. The second-order valence-electron chi connectivity index (χ2n) is 8.47. The van der Waals surface area contributed by atoms with Crippen molar-refractivity contribution in [2.75, 3.05) is 6.61 Å². The van der Waals surface area contributed by atoms with Crippen LogP contribution in [0.1, 0.15) is 57.1 Å². The summed E-state index contributed by atoms with van der Waals surface area (Å²) < 4.78 is 20.0. The van der Waals surface area contributed by atoms with E-state index < -0.39 is 11.9 Å². The van der Waals surface area contributed by atoms with Crippen LogP contribution in [0, 0.1) is 30.0 Å². The first-order valence-corrected chi connectivity index (χ1v) is 10.9. The number of pyridine rings is 1. The summed E-state index contributed by atoms with van der Waals surface area (Å²) in [6, 6.07) is 6.15. The van der Waals surface area contributed by atoms with Crippen LogP contribution in [0.3, 0.4) is 0 Å². The van der Waals surface area contributed by atoms with Gasteiger partial charge in [0.1, 0.15) is 0 Å². The van der Waals surface area contributed by atoms with E-state index in [-0.39, 0.29) is 29.2 Å². The van der Waals surface area contributed by atoms with E-state index in [0.717, 1.165) is 17.8 Å². The Kier molecular flexibility index (Phi) is 9.16. The van der Waals surface area contributed by atoms with Gasteiger partial charge in [-0.05, 0) is 51.3 Å². The van der Waals surface area contributed by atoms with Crippen LogP contribution in [-0.2, 0) is 11.3 Å². The second kappa shape index (κ2) is 11.4. The number of benzene rings is 1. The van der Waals surface area contributed by atoms with Crippen molar-refractivity contribution in [1.82, 2.24) is 4.98 Å². The van der Waals surface area contributed by atoms with Gasteiger partial charge in [0.15, 0.2) is 11.6 Å². The second-order valence-corrected chi connectivity index (χ2v) is 8.88. The zero-order chi connectivity index (χ0) is 24.0. The van der Waals surface area contributed by atoms with Crippen molar-refractivity contribution < 1.29 is 19.1 Å². The molecule has 2 atom stereocenters. The number of aliphatic hydroxyl groups is 1. The first-order chi connectivity index (χ1) is 15.0. The van der Waals surface area contributed by atoms with Crippen LogP contribution in [0.25, 0.3) is 0 Å². The molecule has 0 unspecified atom stereocenters. The highest BCUT2D eigenvalue weighted by Crippen LogP contribution is 2.27. The Balaban J connectivity index is 2.15. The molecule has 0 spiro atoms. The van der Waals surface area contributed by atoms with Crippen LogP contribution < -0.4 is 4.74 Å². The van der Waals surface area contributed by atoms with Crippen LogP contribution in [0.2, 0.25) is 5.02 Å². The van der Waals surface area contributed by atoms with Gasteiger partial charge < -0.3 is 14.7 Å². The molecule has 0 radical (unpaired) electrons. The van der Waals surface area contributed by atoms with Crippen LogP contribution in [0.15, 0.2) is 29.4 Å². The van der Waals surface area contributed by atoms with Crippen molar-refractivity contribution in [3.8, 4) is 5.75 Å². The Hall–Kier alpha value is -2.51. The predicted octanol–water partition coefficient (Wildman–Crippen LogP) is 5.54. The first kappa shape index (κ1) is 25.7. The lowest BCUT2D eigenvalue weighted by molar-refractivity contribution is 0.0977. The molecule has 1 aromatic carbocycles. The number of ether oxygens (including phenoxy) is 1. The topological polar surface area (TPSA) is 87.8 Å². The summed E-state index contributed by atoms with van der Waals surface area (Å²) >= 11 is 6.30. The highest BCUT2D eigenvalue weighted by Gasteiger charge is 2.16. The monoisotopic (exact) mass is 463 g/mol. The molecule has 6 nitrogen and oxygen atoms in total. The fraction of sp³-hybridized carbons (Fsp3) is 0.458. The van der Waals surface area contributed by atoms with E-state index in [1.807, 2.05) is 13.0 Å². The van der Waals surface area contributed by atoms with Gasteiger partial charge in [-0.25, -0.2) is 4.39 Å². The van der Waals surface area contributed by atoms with E-state index in [1.54, 1.807) is 26.8 Å². The van der Waals surface area contributed by atoms with E-state index in [0.29, 0.717) is 22.8 Å². The Morgan fingerprint density at radius 3 is 2.53 bits per heavy atom. The van der Waals surface area contributed by atoms with Gasteiger partial charge in [-0.2, -0.15) is 0 Å². The number of nitrogens with one attached hydrogen (secondary N) is 1. The van der Waals surface area contributed by atoms with Gasteiger partial charge in [0, 0.05) is 34.5 Å². The summed E-state index contributed by atoms with van der Waals surface area (Å²) in [6.07, 6.45) is 0.226. The molecule has 0 aliphatic heterocycles. The number of aliphatic hydroxyl groups excluding tert-OH is 1. The molecule has 1 heterocycles. The first-order valence-electron chi connectivity index (χ1n) is 10.6. The lowest BCUT2D eigenvalue weighted by Crippen LogP contribution is -2.20. The minimum atomic E-state index is -0.602. The number of hydrogen-bond donors (Lipinski definition) is 2. The summed E-state index contributed by atoms with van der Waals surface area (Å²) in [7, 11) is 0. The zero-order valence-electron chi connectivity index (χ0n) is 19.4. The standard InChI is InChI=1S/C24H31ClFN3O3/c1-13(2)7-19-9-18(8-15(4)28-19)24(27)32-29-16(5)20-10-22(26)23(11-21(20)25)31-12-14(3)17(6)30/h8-11,13-14,17,27,30H,7,12H2,1-6H3/b27-24?,29-16+/t14-,17+/m0/s1. The van der Waals surface area contributed by atoms with Gasteiger partial charge in [0.2, 0.25) is 5.90 Å². The smallest absolute Gasteiger partial charge is 0.248 e. The number of aryl methyl sites for hydroxylation is 1. The number of rotatable bonds is 9. The molecule has 0 aliphatic rings. The highest BCUT2D eigenvalue weighted by molar-refractivity contribution is 6.34. The molecule has 0 aliphatic carbocycles. The summed E-state index contributed by atoms with van der Waals surface area (Å²) in [5.74, 6) is -0.462. The molecule has 0 bridgehead atoms. The molecular formula is C24H31ClFN3O3. The molecule has 0 fully saturated rings. The van der Waals surface area contributed by atoms with E-state index in [2.05, 4.69) is 24.0 Å². The lowest BCUT2D eigenvalue weighted by Gasteiger charge is -2.16. The summed E-state index contributed by atoms with van der Waals surface area (Å²) in [4.78, 5) is 9.78. The van der Waals surface area contributed by atoms with E-state index >= 15 is 0 Å². The van der Waals surface area contributed by atoms with Crippen LogP contribution in [0.5, 0.6) is 5.75 Å². The van der Waals surface area contributed by atoms with Gasteiger partial charge in [-0.15, -0.1) is 0 Å². The Labute approximate surface area is 193 Å². The highest BCUT2D eigenvalue weighted by atomic mass is 35.5. The van der Waals surface area contributed by atoms with Gasteiger partial charge in [0.25, 0.3) is 0 Å². The third-order valence-electron chi connectivity index (χ3n) is 4.90. The number of aromatic nitrogens is 1. The lowest BCUT2D eigenvalue weighted by atomic mass is 10.1. The SMILES string of the molecule is C/C(=N\OC(=N)c1cc(C)nc(CC(C)C)c1)c1cc(F)c(OC[C@H](C)[C@@H](C)O)cc1Cl. The van der Waals surface area contributed by atoms with E-state index in [1.165, 1.54) is 12.1 Å². The molecule has 2 N–H and O–H groups in total. The van der Waals surface area contributed by atoms with Gasteiger partial charge in [0.05, 0.1) is 23.4 Å². The summed E-state index contributed by atoms with van der Waals surface area (Å²) in [5, 5.41) is 22.0. The predicted molar refractivity (Wildman–Crippen MR) is 125 cm³/mol. The van der Waals surface area contributed by atoms with Crippen molar-refractivity contribution in [2.24, 2.45) is 17.0 Å².